The molecular formula is C21H18ClN5O. The van der Waals surface area contributed by atoms with Gasteiger partial charge in [-0.05, 0) is 17.7 Å². The Labute approximate surface area is 167 Å². The molecule has 28 heavy (non-hydrogen) atoms. The van der Waals surface area contributed by atoms with E-state index in [0.717, 1.165) is 11.4 Å². The lowest BCUT2D eigenvalue weighted by Gasteiger charge is -2.21. The van der Waals surface area contributed by atoms with Crippen molar-refractivity contribution in [3.8, 4) is 5.69 Å². The highest BCUT2D eigenvalue weighted by Gasteiger charge is 2.21. The van der Waals surface area contributed by atoms with Gasteiger partial charge >= 0.3 is 0 Å². The molecule has 0 amide bonds. The Morgan fingerprint density at radius 3 is 2.36 bits per heavy atom. The fraction of sp³-hybridized carbons (Fsp3) is 0.0952. The molecule has 0 unspecified atom stereocenters. The molecule has 2 aromatic heterocycles. The second-order valence-electron chi connectivity index (χ2n) is 6.31. The van der Waals surface area contributed by atoms with E-state index in [1.807, 2.05) is 66.3 Å². The van der Waals surface area contributed by atoms with E-state index in [-0.39, 0.29) is 16.6 Å². The van der Waals surface area contributed by atoms with Crippen molar-refractivity contribution in [2.75, 3.05) is 5.32 Å². The van der Waals surface area contributed by atoms with Gasteiger partial charge in [0.15, 0.2) is 0 Å². The molecule has 0 fully saturated rings. The lowest BCUT2D eigenvalue weighted by Crippen LogP contribution is -2.24. The minimum atomic E-state index is -0.385. The molecule has 0 radical (unpaired) electrons. The van der Waals surface area contributed by atoms with Crippen molar-refractivity contribution >= 4 is 17.3 Å². The molecule has 0 aliphatic rings. The molecule has 1 N–H and O–H groups in total. The van der Waals surface area contributed by atoms with Crippen molar-refractivity contribution in [2.24, 2.45) is 7.05 Å². The second kappa shape index (κ2) is 7.70. The molecule has 4 aromatic rings. The van der Waals surface area contributed by atoms with Crippen molar-refractivity contribution < 1.29 is 0 Å². The van der Waals surface area contributed by atoms with Gasteiger partial charge in [-0.15, -0.1) is 0 Å². The van der Waals surface area contributed by atoms with Gasteiger partial charge in [-0.1, -0.05) is 60.1 Å². The quantitative estimate of drug-likeness (QED) is 0.561. The first-order valence-corrected chi connectivity index (χ1v) is 9.15. The number of aryl methyl sites for hydroxylation is 1. The number of para-hydroxylation sites is 1. The largest absolute Gasteiger partial charge is 0.369 e. The smallest absolute Gasteiger partial charge is 0.292 e. The lowest BCUT2D eigenvalue weighted by molar-refractivity contribution is 0.743. The summed E-state index contributed by atoms with van der Waals surface area (Å²) < 4.78 is 3.21. The summed E-state index contributed by atoms with van der Waals surface area (Å²) in [6.45, 7) is 0. The number of hydrogen-bond acceptors (Lipinski definition) is 4. The number of hydrogen-bond donors (Lipinski definition) is 1. The minimum Gasteiger partial charge on any atom is -0.369 e. The maximum Gasteiger partial charge on any atom is 0.292 e. The molecule has 140 valence electrons. The number of anilines is 1. The Balaban J connectivity index is 1.75. The van der Waals surface area contributed by atoms with Crippen LogP contribution in [0.4, 0.5) is 5.69 Å². The highest BCUT2D eigenvalue weighted by Crippen LogP contribution is 2.27. The van der Waals surface area contributed by atoms with Gasteiger partial charge in [-0.3, -0.25) is 4.79 Å². The second-order valence-corrected chi connectivity index (χ2v) is 6.69. The molecule has 4 rings (SSSR count). The predicted octanol–water partition coefficient (Wildman–Crippen LogP) is 3.82. The SMILES string of the molecule is Cn1ccnc1[C@@H](Nc1cnn(-c2ccccc2)c(=O)c1Cl)c1ccccc1. The monoisotopic (exact) mass is 391 g/mol. The van der Waals surface area contributed by atoms with Crippen molar-refractivity contribution in [3.63, 3.8) is 0 Å². The van der Waals surface area contributed by atoms with E-state index in [1.165, 1.54) is 4.68 Å². The Morgan fingerprint density at radius 2 is 1.71 bits per heavy atom. The van der Waals surface area contributed by atoms with Gasteiger partial charge in [0.2, 0.25) is 0 Å². The van der Waals surface area contributed by atoms with Gasteiger partial charge in [-0.2, -0.15) is 9.78 Å². The molecule has 0 aliphatic heterocycles. The molecule has 0 saturated carbocycles. The van der Waals surface area contributed by atoms with Crippen LogP contribution in [0, 0.1) is 0 Å². The van der Waals surface area contributed by atoms with Gasteiger partial charge in [0.25, 0.3) is 5.56 Å². The van der Waals surface area contributed by atoms with Crippen LogP contribution in [0.2, 0.25) is 5.02 Å². The molecule has 0 spiro atoms. The maximum atomic E-state index is 12.8. The fourth-order valence-electron chi connectivity index (χ4n) is 3.04. The zero-order valence-electron chi connectivity index (χ0n) is 15.2. The first kappa shape index (κ1) is 18.0. The normalized spacial score (nSPS) is 11.9. The highest BCUT2D eigenvalue weighted by molar-refractivity contribution is 6.33. The summed E-state index contributed by atoms with van der Waals surface area (Å²) in [6, 6.07) is 18.8. The highest BCUT2D eigenvalue weighted by atomic mass is 35.5. The molecular weight excluding hydrogens is 374 g/mol. The van der Waals surface area contributed by atoms with Crippen molar-refractivity contribution in [1.29, 1.82) is 0 Å². The van der Waals surface area contributed by atoms with Crippen LogP contribution in [0.5, 0.6) is 0 Å². The molecule has 6 nitrogen and oxygen atoms in total. The van der Waals surface area contributed by atoms with Crippen LogP contribution in [-0.2, 0) is 7.05 Å². The van der Waals surface area contributed by atoms with E-state index in [4.69, 9.17) is 11.6 Å². The molecule has 7 heteroatoms. The van der Waals surface area contributed by atoms with Crippen LogP contribution in [0.15, 0.2) is 84.0 Å². The molecule has 1 atom stereocenters. The van der Waals surface area contributed by atoms with Gasteiger partial charge in [0.1, 0.15) is 16.9 Å². The summed E-state index contributed by atoms with van der Waals surface area (Å²) in [7, 11) is 1.92. The average molecular weight is 392 g/mol. The van der Waals surface area contributed by atoms with Crippen LogP contribution in [0.25, 0.3) is 5.69 Å². The predicted molar refractivity (Wildman–Crippen MR) is 110 cm³/mol. The number of halogens is 1. The first-order valence-electron chi connectivity index (χ1n) is 8.77. The Morgan fingerprint density at radius 1 is 1.04 bits per heavy atom. The summed E-state index contributed by atoms with van der Waals surface area (Å²) in [5, 5.41) is 7.70. The third-order valence-electron chi connectivity index (χ3n) is 4.47. The summed E-state index contributed by atoms with van der Waals surface area (Å²) in [5.41, 5.74) is 1.73. The molecule has 0 saturated heterocycles. The standard InChI is InChI=1S/C21H18ClN5O/c1-26-13-12-23-20(26)19(15-8-4-2-5-9-15)25-17-14-24-27(21(28)18(17)22)16-10-6-3-7-11-16/h2-14,19,25H,1H3/t19-/m0/s1. The number of nitrogens with zero attached hydrogens (tertiary/aromatic N) is 4. The van der Waals surface area contributed by atoms with Gasteiger partial charge in [-0.25, -0.2) is 4.98 Å². The van der Waals surface area contributed by atoms with E-state index >= 15 is 0 Å². The van der Waals surface area contributed by atoms with Gasteiger partial charge < -0.3 is 9.88 Å². The topological polar surface area (TPSA) is 64.7 Å². The Kier molecular flexibility index (Phi) is 4.95. The minimum absolute atomic E-state index is 0.0778. The number of benzene rings is 2. The van der Waals surface area contributed by atoms with Gasteiger partial charge in [0.05, 0.1) is 17.6 Å². The Hall–Kier alpha value is -3.38. The third-order valence-corrected chi connectivity index (χ3v) is 4.83. The van der Waals surface area contributed by atoms with E-state index < -0.39 is 0 Å². The fourth-order valence-corrected chi connectivity index (χ4v) is 3.22. The number of nitrogens with one attached hydrogen (secondary N) is 1. The molecule has 2 aromatic carbocycles. The van der Waals surface area contributed by atoms with Crippen LogP contribution in [-0.4, -0.2) is 19.3 Å². The number of rotatable bonds is 5. The van der Waals surface area contributed by atoms with Crippen LogP contribution in [0.1, 0.15) is 17.4 Å². The summed E-state index contributed by atoms with van der Waals surface area (Å²) in [6.07, 6.45) is 5.18. The average Bonchev–Trinajstić information content (AvgIpc) is 3.16. The van der Waals surface area contributed by atoms with Crippen LogP contribution < -0.4 is 10.9 Å². The third kappa shape index (κ3) is 3.42. The summed E-state index contributed by atoms with van der Waals surface area (Å²) in [4.78, 5) is 17.2. The molecule has 2 heterocycles. The van der Waals surface area contributed by atoms with E-state index in [0.29, 0.717) is 11.4 Å². The summed E-state index contributed by atoms with van der Waals surface area (Å²) in [5.74, 6) is 0.800. The van der Waals surface area contributed by atoms with E-state index in [9.17, 15) is 4.79 Å². The van der Waals surface area contributed by atoms with Crippen molar-refractivity contribution in [3.05, 3.63) is 106 Å². The van der Waals surface area contributed by atoms with Crippen LogP contribution >= 0.6 is 11.6 Å². The van der Waals surface area contributed by atoms with Crippen molar-refractivity contribution in [1.82, 2.24) is 19.3 Å². The van der Waals surface area contributed by atoms with Crippen LogP contribution in [0.3, 0.4) is 0 Å². The van der Waals surface area contributed by atoms with E-state index in [2.05, 4.69) is 15.4 Å². The van der Waals surface area contributed by atoms with E-state index in [1.54, 1.807) is 24.5 Å². The van der Waals surface area contributed by atoms with Crippen molar-refractivity contribution in [2.45, 2.75) is 6.04 Å². The molecule has 0 bridgehead atoms. The maximum absolute atomic E-state index is 12.8. The number of aromatic nitrogens is 4. The van der Waals surface area contributed by atoms with Gasteiger partial charge in [0, 0.05) is 19.4 Å². The number of imidazole rings is 1. The zero-order chi connectivity index (χ0) is 19.5. The Bertz CT molecular complexity index is 1140. The molecule has 0 aliphatic carbocycles. The summed E-state index contributed by atoms with van der Waals surface area (Å²) >= 11 is 6.42. The lowest BCUT2D eigenvalue weighted by atomic mass is 10.1. The zero-order valence-corrected chi connectivity index (χ0v) is 15.9. The first-order chi connectivity index (χ1) is 13.6.